The topological polar surface area (TPSA) is 54.3 Å². The van der Waals surface area contributed by atoms with Gasteiger partial charge in [-0.1, -0.05) is 6.92 Å². The molecule has 4 nitrogen and oxygen atoms in total. The van der Waals surface area contributed by atoms with E-state index in [9.17, 15) is 4.79 Å². The fourth-order valence-electron chi connectivity index (χ4n) is 2.15. The predicted octanol–water partition coefficient (Wildman–Crippen LogP) is 3.24. The zero-order valence-corrected chi connectivity index (χ0v) is 13.8. The molecule has 0 aliphatic heterocycles. The SMILES string of the molecule is CCC(C)(C)NC(=O)C(C)NC(C)c1cc(C)oc1C. The van der Waals surface area contributed by atoms with Crippen molar-refractivity contribution in [3.63, 3.8) is 0 Å². The zero-order chi connectivity index (χ0) is 15.5. The molecule has 1 aromatic heterocycles. The molecule has 0 fully saturated rings. The van der Waals surface area contributed by atoms with E-state index in [0.717, 1.165) is 23.5 Å². The van der Waals surface area contributed by atoms with Gasteiger partial charge in [-0.25, -0.2) is 0 Å². The first-order valence-corrected chi connectivity index (χ1v) is 7.31. The second kappa shape index (κ2) is 6.44. The van der Waals surface area contributed by atoms with E-state index >= 15 is 0 Å². The summed E-state index contributed by atoms with van der Waals surface area (Å²) in [6.07, 6.45) is 0.904. The third kappa shape index (κ3) is 4.37. The van der Waals surface area contributed by atoms with Crippen LogP contribution >= 0.6 is 0 Å². The summed E-state index contributed by atoms with van der Waals surface area (Å²) in [5, 5.41) is 6.38. The highest BCUT2D eigenvalue weighted by Crippen LogP contribution is 2.21. The number of aryl methyl sites for hydroxylation is 2. The van der Waals surface area contributed by atoms with Crippen LogP contribution in [0.25, 0.3) is 0 Å². The normalized spacial score (nSPS) is 14.9. The van der Waals surface area contributed by atoms with Gasteiger partial charge in [0, 0.05) is 17.1 Å². The number of carbonyl (C=O) groups excluding carboxylic acids is 1. The minimum absolute atomic E-state index is 0.0292. The molecule has 1 heterocycles. The molecular weight excluding hydrogens is 252 g/mol. The van der Waals surface area contributed by atoms with Gasteiger partial charge in [0.25, 0.3) is 0 Å². The smallest absolute Gasteiger partial charge is 0.237 e. The Labute approximate surface area is 122 Å². The summed E-state index contributed by atoms with van der Waals surface area (Å²) in [6, 6.07) is 1.86. The molecular formula is C16H28N2O2. The van der Waals surface area contributed by atoms with E-state index in [4.69, 9.17) is 4.42 Å². The largest absolute Gasteiger partial charge is 0.466 e. The lowest BCUT2D eigenvalue weighted by Crippen LogP contribution is -2.51. The van der Waals surface area contributed by atoms with Crippen LogP contribution in [0.4, 0.5) is 0 Å². The quantitative estimate of drug-likeness (QED) is 0.841. The van der Waals surface area contributed by atoms with Gasteiger partial charge in [0.2, 0.25) is 5.91 Å². The lowest BCUT2D eigenvalue weighted by Gasteiger charge is -2.28. The van der Waals surface area contributed by atoms with E-state index < -0.39 is 0 Å². The molecule has 2 atom stereocenters. The minimum atomic E-state index is -0.245. The Morgan fingerprint density at radius 1 is 1.35 bits per heavy atom. The Morgan fingerprint density at radius 2 is 1.95 bits per heavy atom. The maximum Gasteiger partial charge on any atom is 0.237 e. The van der Waals surface area contributed by atoms with Gasteiger partial charge in [-0.3, -0.25) is 10.1 Å². The maximum absolute atomic E-state index is 12.2. The van der Waals surface area contributed by atoms with Gasteiger partial charge in [0.05, 0.1) is 6.04 Å². The third-order valence-electron chi connectivity index (χ3n) is 3.78. The van der Waals surface area contributed by atoms with Crippen molar-refractivity contribution in [1.82, 2.24) is 10.6 Å². The van der Waals surface area contributed by atoms with E-state index in [1.807, 2.05) is 47.6 Å². The van der Waals surface area contributed by atoms with Crippen molar-refractivity contribution in [3.8, 4) is 0 Å². The molecule has 1 aromatic rings. The summed E-state index contributed by atoms with van der Waals surface area (Å²) in [5.74, 6) is 1.83. The molecule has 0 radical (unpaired) electrons. The van der Waals surface area contributed by atoms with Gasteiger partial charge in [-0.2, -0.15) is 0 Å². The fourth-order valence-corrected chi connectivity index (χ4v) is 2.15. The first-order valence-electron chi connectivity index (χ1n) is 7.31. The van der Waals surface area contributed by atoms with Crippen LogP contribution in [0.1, 0.15) is 64.2 Å². The fraction of sp³-hybridized carbons (Fsp3) is 0.688. The number of carbonyl (C=O) groups is 1. The number of hydrogen-bond acceptors (Lipinski definition) is 3. The molecule has 1 amide bonds. The molecule has 0 bridgehead atoms. The van der Waals surface area contributed by atoms with Gasteiger partial charge >= 0.3 is 0 Å². The van der Waals surface area contributed by atoms with Gasteiger partial charge in [0.15, 0.2) is 0 Å². The highest BCUT2D eigenvalue weighted by molar-refractivity contribution is 5.82. The minimum Gasteiger partial charge on any atom is -0.466 e. The first-order chi connectivity index (χ1) is 9.16. The van der Waals surface area contributed by atoms with Crippen molar-refractivity contribution in [2.24, 2.45) is 0 Å². The Morgan fingerprint density at radius 3 is 2.40 bits per heavy atom. The van der Waals surface area contributed by atoms with Gasteiger partial charge < -0.3 is 9.73 Å². The second-order valence-corrected chi connectivity index (χ2v) is 6.21. The summed E-state index contributed by atoms with van der Waals surface area (Å²) in [4.78, 5) is 12.2. The number of furan rings is 1. The lowest BCUT2D eigenvalue weighted by molar-refractivity contribution is -0.124. The van der Waals surface area contributed by atoms with E-state index in [2.05, 4.69) is 17.6 Å². The van der Waals surface area contributed by atoms with Crippen molar-refractivity contribution in [1.29, 1.82) is 0 Å². The zero-order valence-electron chi connectivity index (χ0n) is 13.8. The van der Waals surface area contributed by atoms with Crippen LogP contribution in [0.5, 0.6) is 0 Å². The third-order valence-corrected chi connectivity index (χ3v) is 3.78. The highest BCUT2D eigenvalue weighted by atomic mass is 16.3. The molecule has 2 N–H and O–H groups in total. The Balaban J connectivity index is 2.64. The summed E-state index contributed by atoms with van der Waals surface area (Å²) in [5.41, 5.74) is 0.940. The van der Waals surface area contributed by atoms with Crippen LogP contribution in [0.3, 0.4) is 0 Å². The summed E-state index contributed by atoms with van der Waals surface area (Å²) in [6.45, 7) is 14.0. The van der Waals surface area contributed by atoms with Crippen LogP contribution in [0, 0.1) is 13.8 Å². The monoisotopic (exact) mass is 280 g/mol. The van der Waals surface area contributed by atoms with E-state index in [-0.39, 0.29) is 23.5 Å². The average Bonchev–Trinajstić information content (AvgIpc) is 2.67. The number of rotatable bonds is 6. The standard InChI is InChI=1S/C16H28N2O2/c1-8-16(6,7)18-15(19)12(4)17-11(3)14-9-10(2)20-13(14)5/h9,11-12,17H,8H2,1-7H3,(H,18,19). The van der Waals surface area contributed by atoms with Crippen LogP contribution in [0.2, 0.25) is 0 Å². The van der Waals surface area contributed by atoms with Gasteiger partial charge in [-0.05, 0) is 54.0 Å². The van der Waals surface area contributed by atoms with Crippen molar-refractivity contribution in [3.05, 3.63) is 23.2 Å². The first kappa shape index (κ1) is 16.8. The predicted molar refractivity (Wildman–Crippen MR) is 81.7 cm³/mol. The second-order valence-electron chi connectivity index (χ2n) is 6.21. The molecule has 20 heavy (non-hydrogen) atoms. The molecule has 0 saturated heterocycles. The molecule has 2 unspecified atom stereocenters. The summed E-state index contributed by atoms with van der Waals surface area (Å²) >= 11 is 0. The molecule has 0 aliphatic rings. The van der Waals surface area contributed by atoms with E-state index in [1.54, 1.807) is 0 Å². The Hall–Kier alpha value is -1.29. The molecule has 0 spiro atoms. The van der Waals surface area contributed by atoms with Gasteiger partial charge in [-0.15, -0.1) is 0 Å². The van der Waals surface area contributed by atoms with Crippen molar-refractivity contribution >= 4 is 5.91 Å². The van der Waals surface area contributed by atoms with Crippen LogP contribution in [-0.4, -0.2) is 17.5 Å². The number of hydrogen-bond donors (Lipinski definition) is 2. The molecule has 0 aliphatic carbocycles. The summed E-state index contributed by atoms with van der Waals surface area (Å²) in [7, 11) is 0. The highest BCUT2D eigenvalue weighted by Gasteiger charge is 2.23. The number of nitrogens with one attached hydrogen (secondary N) is 2. The van der Waals surface area contributed by atoms with Crippen LogP contribution in [0.15, 0.2) is 10.5 Å². The Bertz CT molecular complexity index is 463. The molecule has 0 aromatic carbocycles. The van der Waals surface area contributed by atoms with E-state index in [0.29, 0.717) is 0 Å². The lowest BCUT2D eigenvalue weighted by atomic mass is 10.0. The van der Waals surface area contributed by atoms with Crippen LogP contribution in [-0.2, 0) is 4.79 Å². The number of amides is 1. The molecule has 1 rings (SSSR count). The summed E-state index contributed by atoms with van der Waals surface area (Å²) < 4.78 is 5.54. The van der Waals surface area contributed by atoms with Crippen molar-refractivity contribution in [2.45, 2.75) is 72.5 Å². The molecule has 4 heteroatoms. The molecule has 114 valence electrons. The van der Waals surface area contributed by atoms with Crippen LogP contribution < -0.4 is 10.6 Å². The molecule has 0 saturated carbocycles. The average molecular weight is 280 g/mol. The maximum atomic E-state index is 12.2. The Kier molecular flexibility index (Phi) is 5.40. The van der Waals surface area contributed by atoms with Crippen molar-refractivity contribution < 1.29 is 9.21 Å². The van der Waals surface area contributed by atoms with E-state index in [1.165, 1.54) is 0 Å². The van der Waals surface area contributed by atoms with Gasteiger partial charge in [0.1, 0.15) is 11.5 Å². The van der Waals surface area contributed by atoms with Crippen molar-refractivity contribution in [2.75, 3.05) is 0 Å².